The zero-order valence-electron chi connectivity index (χ0n) is 16.0. The lowest BCUT2D eigenvalue weighted by Crippen LogP contribution is -2.48. The second kappa shape index (κ2) is 7.42. The van der Waals surface area contributed by atoms with Crippen LogP contribution in [0.1, 0.15) is 49.7 Å². The molecular weight excluding hydrogens is 314 g/mol. The fourth-order valence-corrected chi connectivity index (χ4v) is 3.20. The molecule has 0 spiro atoms. The number of carbonyl (C=O) groups excluding carboxylic acids is 1. The highest BCUT2D eigenvalue weighted by Crippen LogP contribution is 2.30. The molecule has 1 unspecified atom stereocenters. The summed E-state index contributed by atoms with van der Waals surface area (Å²) in [6.07, 6.45) is 4.39. The number of rotatable bonds is 5. The van der Waals surface area contributed by atoms with Gasteiger partial charge in [0.25, 0.3) is 5.91 Å². The summed E-state index contributed by atoms with van der Waals surface area (Å²) in [5.41, 5.74) is 1.73. The molecule has 5 heteroatoms. The Morgan fingerprint density at radius 3 is 2.64 bits per heavy atom. The molecule has 1 saturated heterocycles. The monoisotopic (exact) mass is 345 g/mol. The number of likely N-dealkylation sites (N-methyl/N-ethyl adjacent to an activating group) is 1. The van der Waals surface area contributed by atoms with Crippen molar-refractivity contribution >= 4 is 5.91 Å². The predicted molar refractivity (Wildman–Crippen MR) is 98.8 cm³/mol. The van der Waals surface area contributed by atoms with Crippen molar-refractivity contribution in [1.29, 1.82) is 0 Å². The molecule has 1 amide bonds. The summed E-state index contributed by atoms with van der Waals surface area (Å²) in [6.45, 7) is 10.5. The Morgan fingerprint density at radius 1 is 1.32 bits per heavy atom. The molecular formula is C20H31N3O2. The highest BCUT2D eigenvalue weighted by molar-refractivity contribution is 5.92. The van der Waals surface area contributed by atoms with Crippen molar-refractivity contribution in [1.82, 2.24) is 14.8 Å². The number of pyridine rings is 1. The first-order valence-corrected chi connectivity index (χ1v) is 9.39. The van der Waals surface area contributed by atoms with E-state index in [0.717, 1.165) is 31.8 Å². The molecule has 25 heavy (non-hydrogen) atoms. The molecule has 1 aliphatic heterocycles. The van der Waals surface area contributed by atoms with Crippen LogP contribution in [0, 0.1) is 5.92 Å². The third-order valence-corrected chi connectivity index (χ3v) is 5.08. The molecule has 3 rings (SSSR count). The van der Waals surface area contributed by atoms with Gasteiger partial charge in [-0.15, -0.1) is 0 Å². The molecule has 1 atom stereocenters. The fourth-order valence-electron chi connectivity index (χ4n) is 3.20. The summed E-state index contributed by atoms with van der Waals surface area (Å²) < 4.78 is 5.87. The maximum absolute atomic E-state index is 13.0. The van der Waals surface area contributed by atoms with Gasteiger partial charge in [-0.05, 0) is 42.9 Å². The third kappa shape index (κ3) is 5.02. The van der Waals surface area contributed by atoms with Crippen LogP contribution < -0.4 is 0 Å². The molecule has 0 aromatic carbocycles. The third-order valence-electron chi connectivity index (χ3n) is 5.08. The minimum Gasteiger partial charge on any atom is -0.374 e. The van der Waals surface area contributed by atoms with Gasteiger partial charge in [-0.2, -0.15) is 0 Å². The van der Waals surface area contributed by atoms with Gasteiger partial charge in [0.05, 0.1) is 12.7 Å². The molecule has 1 aromatic rings. The normalized spacial score (nSPS) is 22.0. The average Bonchev–Trinajstić information content (AvgIpc) is 3.37. The molecule has 0 radical (unpaired) electrons. The van der Waals surface area contributed by atoms with Crippen LogP contribution >= 0.6 is 0 Å². The Morgan fingerprint density at radius 2 is 2.08 bits per heavy atom. The fraction of sp³-hybridized carbons (Fsp3) is 0.700. The van der Waals surface area contributed by atoms with Crippen LogP contribution in [-0.2, 0) is 10.2 Å². The van der Waals surface area contributed by atoms with E-state index >= 15 is 0 Å². The largest absolute Gasteiger partial charge is 0.374 e. The Balaban J connectivity index is 1.70. The van der Waals surface area contributed by atoms with Crippen molar-refractivity contribution in [2.24, 2.45) is 5.92 Å². The van der Waals surface area contributed by atoms with Gasteiger partial charge in [0.2, 0.25) is 0 Å². The van der Waals surface area contributed by atoms with E-state index in [1.165, 1.54) is 12.8 Å². The topological polar surface area (TPSA) is 45.7 Å². The number of carbonyl (C=O) groups is 1. The highest BCUT2D eigenvalue weighted by atomic mass is 16.5. The number of aromatic nitrogens is 1. The van der Waals surface area contributed by atoms with Gasteiger partial charge in [0, 0.05) is 32.4 Å². The molecule has 2 heterocycles. The Kier molecular flexibility index (Phi) is 5.44. The smallest absolute Gasteiger partial charge is 0.272 e. The molecule has 1 aromatic heterocycles. The Hall–Kier alpha value is -1.46. The van der Waals surface area contributed by atoms with Gasteiger partial charge in [0.15, 0.2) is 0 Å². The maximum Gasteiger partial charge on any atom is 0.272 e. The minimum atomic E-state index is 0.0317. The summed E-state index contributed by atoms with van der Waals surface area (Å²) in [5.74, 6) is 0.684. The van der Waals surface area contributed by atoms with Gasteiger partial charge in [-0.1, -0.05) is 26.8 Å². The van der Waals surface area contributed by atoms with Gasteiger partial charge in [-0.3, -0.25) is 9.78 Å². The molecule has 1 saturated carbocycles. The van der Waals surface area contributed by atoms with Gasteiger partial charge >= 0.3 is 0 Å². The lowest BCUT2D eigenvalue weighted by atomic mass is 9.88. The van der Waals surface area contributed by atoms with E-state index in [1.54, 1.807) is 0 Å². The zero-order chi connectivity index (χ0) is 18.0. The highest BCUT2D eigenvalue weighted by Gasteiger charge is 2.30. The average molecular weight is 345 g/mol. The molecule has 0 bridgehead atoms. The summed E-state index contributed by atoms with van der Waals surface area (Å²) in [5, 5.41) is 0. The number of morpholine rings is 1. The zero-order valence-corrected chi connectivity index (χ0v) is 16.0. The number of hydrogen-bond donors (Lipinski definition) is 0. The van der Waals surface area contributed by atoms with Crippen LogP contribution in [0.25, 0.3) is 0 Å². The molecule has 0 N–H and O–H groups in total. The van der Waals surface area contributed by atoms with Crippen molar-refractivity contribution in [3.05, 3.63) is 29.6 Å². The number of ether oxygens (including phenoxy) is 1. The summed E-state index contributed by atoms with van der Waals surface area (Å²) >= 11 is 0. The second-order valence-electron chi connectivity index (χ2n) is 8.59. The quantitative estimate of drug-likeness (QED) is 0.823. The minimum absolute atomic E-state index is 0.0317. The lowest BCUT2D eigenvalue weighted by Gasteiger charge is -2.34. The van der Waals surface area contributed by atoms with Crippen LogP contribution in [-0.4, -0.2) is 66.6 Å². The predicted octanol–water partition coefficient (Wildman–Crippen LogP) is 2.56. The van der Waals surface area contributed by atoms with Gasteiger partial charge in [-0.25, -0.2) is 0 Å². The van der Waals surface area contributed by atoms with Crippen molar-refractivity contribution in [2.75, 3.05) is 39.8 Å². The van der Waals surface area contributed by atoms with E-state index < -0.39 is 0 Å². The summed E-state index contributed by atoms with van der Waals surface area (Å²) in [6, 6.07) is 3.90. The van der Waals surface area contributed by atoms with E-state index in [0.29, 0.717) is 18.2 Å². The van der Waals surface area contributed by atoms with Crippen molar-refractivity contribution in [3.8, 4) is 0 Å². The summed E-state index contributed by atoms with van der Waals surface area (Å²) in [7, 11) is 2.11. The van der Waals surface area contributed by atoms with Crippen LogP contribution in [0.3, 0.4) is 0 Å². The first-order valence-electron chi connectivity index (χ1n) is 9.39. The van der Waals surface area contributed by atoms with E-state index in [2.05, 4.69) is 37.7 Å². The van der Waals surface area contributed by atoms with Crippen molar-refractivity contribution in [2.45, 2.75) is 45.1 Å². The lowest BCUT2D eigenvalue weighted by molar-refractivity contribution is -0.0332. The van der Waals surface area contributed by atoms with Crippen LogP contribution in [0.4, 0.5) is 0 Å². The molecule has 138 valence electrons. The van der Waals surface area contributed by atoms with Gasteiger partial charge in [0.1, 0.15) is 5.69 Å². The van der Waals surface area contributed by atoms with Gasteiger partial charge < -0.3 is 14.5 Å². The Bertz CT molecular complexity index is 590. The van der Waals surface area contributed by atoms with E-state index in [1.807, 2.05) is 23.2 Å². The molecule has 2 aliphatic rings. The standard InChI is InChI=1S/C20H31N3O2/c1-20(2,3)16-7-8-18(21-11-16)19(24)23(12-15-5-6-15)14-17-13-22(4)9-10-25-17/h7-8,11,15,17H,5-6,9-10,12-14H2,1-4H3. The first-order chi connectivity index (χ1) is 11.8. The Labute approximate surface area is 151 Å². The number of hydrogen-bond acceptors (Lipinski definition) is 4. The molecule has 1 aliphatic carbocycles. The molecule has 2 fully saturated rings. The first kappa shape index (κ1) is 18.3. The van der Waals surface area contributed by atoms with Crippen LogP contribution in [0.15, 0.2) is 18.3 Å². The van der Waals surface area contributed by atoms with Crippen molar-refractivity contribution < 1.29 is 9.53 Å². The van der Waals surface area contributed by atoms with E-state index in [4.69, 9.17) is 4.74 Å². The maximum atomic E-state index is 13.0. The van der Waals surface area contributed by atoms with E-state index in [9.17, 15) is 4.79 Å². The van der Waals surface area contributed by atoms with Crippen LogP contribution in [0.5, 0.6) is 0 Å². The second-order valence-corrected chi connectivity index (χ2v) is 8.59. The van der Waals surface area contributed by atoms with Crippen molar-refractivity contribution in [3.63, 3.8) is 0 Å². The van der Waals surface area contributed by atoms with E-state index in [-0.39, 0.29) is 17.4 Å². The van der Waals surface area contributed by atoms with Crippen LogP contribution in [0.2, 0.25) is 0 Å². The SMILES string of the molecule is CN1CCOC(CN(CC2CC2)C(=O)c2ccc(C(C)(C)C)cn2)C1. The number of amides is 1. The summed E-state index contributed by atoms with van der Waals surface area (Å²) in [4.78, 5) is 21.7. The molecule has 5 nitrogen and oxygen atoms in total. The number of nitrogens with zero attached hydrogens (tertiary/aromatic N) is 3.